The summed E-state index contributed by atoms with van der Waals surface area (Å²) in [5.74, 6) is 1.18. The monoisotopic (exact) mass is 309 g/mol. The Morgan fingerprint density at radius 1 is 1.32 bits per heavy atom. The standard InChI is InChI=1S/C15H27N5O2/c1-12(2)13(3)20-14(4-5-16-20)17-15(22)19-8-6-18(7-9-19)10-11-21/h4-5,12-13,21H,6-11H2,1-3H3,(H,17,22). The normalized spacial score (nSPS) is 17.8. The predicted octanol–water partition coefficient (Wildman–Crippen LogP) is 1.24. The summed E-state index contributed by atoms with van der Waals surface area (Å²) in [7, 11) is 0. The van der Waals surface area contributed by atoms with Crippen LogP contribution in [0.4, 0.5) is 10.6 Å². The Labute approximate surface area is 131 Å². The molecule has 1 unspecified atom stereocenters. The fourth-order valence-electron chi connectivity index (χ4n) is 2.52. The zero-order valence-corrected chi connectivity index (χ0v) is 13.7. The van der Waals surface area contributed by atoms with Gasteiger partial charge in [-0.2, -0.15) is 5.10 Å². The van der Waals surface area contributed by atoms with E-state index < -0.39 is 0 Å². The van der Waals surface area contributed by atoms with Crippen molar-refractivity contribution in [1.82, 2.24) is 19.6 Å². The number of hydrogen-bond acceptors (Lipinski definition) is 4. The number of anilines is 1. The van der Waals surface area contributed by atoms with Crippen molar-refractivity contribution in [3.05, 3.63) is 12.3 Å². The summed E-state index contributed by atoms with van der Waals surface area (Å²) in [4.78, 5) is 16.4. The summed E-state index contributed by atoms with van der Waals surface area (Å²) in [6.45, 7) is 10.2. The van der Waals surface area contributed by atoms with E-state index in [9.17, 15) is 4.79 Å². The van der Waals surface area contributed by atoms with E-state index in [4.69, 9.17) is 5.11 Å². The first kappa shape index (κ1) is 16.8. The molecule has 0 radical (unpaired) electrons. The number of aromatic nitrogens is 2. The van der Waals surface area contributed by atoms with E-state index in [1.165, 1.54) is 0 Å². The van der Waals surface area contributed by atoms with E-state index in [-0.39, 0.29) is 18.7 Å². The van der Waals surface area contributed by atoms with Crippen molar-refractivity contribution >= 4 is 11.8 Å². The number of carbonyl (C=O) groups excluding carboxylic acids is 1. The minimum Gasteiger partial charge on any atom is -0.395 e. The summed E-state index contributed by atoms with van der Waals surface area (Å²) >= 11 is 0. The number of β-amino-alcohol motifs (C(OH)–C–C–N with tert-alkyl or cyclic N) is 1. The van der Waals surface area contributed by atoms with Crippen LogP contribution in [0.5, 0.6) is 0 Å². The summed E-state index contributed by atoms with van der Waals surface area (Å²) < 4.78 is 1.87. The predicted molar refractivity (Wildman–Crippen MR) is 85.9 cm³/mol. The topological polar surface area (TPSA) is 73.6 Å². The maximum Gasteiger partial charge on any atom is 0.323 e. The number of piperazine rings is 1. The molecule has 1 atom stereocenters. The second kappa shape index (κ2) is 7.60. The first-order chi connectivity index (χ1) is 10.5. The minimum atomic E-state index is -0.0821. The Balaban J connectivity index is 1.92. The van der Waals surface area contributed by atoms with Gasteiger partial charge in [-0.05, 0) is 12.8 Å². The third-order valence-corrected chi connectivity index (χ3v) is 4.33. The summed E-state index contributed by atoms with van der Waals surface area (Å²) in [6, 6.07) is 1.98. The van der Waals surface area contributed by atoms with Crippen LogP contribution in [-0.2, 0) is 0 Å². The van der Waals surface area contributed by atoms with Crippen LogP contribution in [0.1, 0.15) is 26.8 Å². The van der Waals surface area contributed by atoms with Crippen molar-refractivity contribution in [3.63, 3.8) is 0 Å². The van der Waals surface area contributed by atoms with Gasteiger partial charge < -0.3 is 10.0 Å². The van der Waals surface area contributed by atoms with Crippen molar-refractivity contribution in [3.8, 4) is 0 Å². The third kappa shape index (κ3) is 3.98. The van der Waals surface area contributed by atoms with Crippen molar-refractivity contribution in [1.29, 1.82) is 0 Å². The minimum absolute atomic E-state index is 0.0821. The highest BCUT2D eigenvalue weighted by Gasteiger charge is 2.22. The molecule has 2 heterocycles. The number of nitrogens with one attached hydrogen (secondary N) is 1. The smallest absolute Gasteiger partial charge is 0.323 e. The van der Waals surface area contributed by atoms with Gasteiger partial charge in [-0.3, -0.25) is 10.2 Å². The quantitative estimate of drug-likeness (QED) is 0.858. The van der Waals surface area contributed by atoms with E-state index in [0.717, 1.165) is 18.9 Å². The van der Waals surface area contributed by atoms with E-state index in [1.54, 1.807) is 6.20 Å². The van der Waals surface area contributed by atoms with Crippen LogP contribution in [0.3, 0.4) is 0 Å². The molecule has 0 bridgehead atoms. The van der Waals surface area contributed by atoms with Crippen molar-refractivity contribution in [2.75, 3.05) is 44.6 Å². The second-order valence-electron chi connectivity index (χ2n) is 6.13. The van der Waals surface area contributed by atoms with Gasteiger partial charge in [0.1, 0.15) is 5.82 Å². The lowest BCUT2D eigenvalue weighted by atomic mass is 10.1. The average Bonchev–Trinajstić information content (AvgIpc) is 2.95. The number of nitrogens with zero attached hydrogens (tertiary/aromatic N) is 4. The summed E-state index contributed by atoms with van der Waals surface area (Å²) in [6.07, 6.45) is 1.72. The fourth-order valence-corrected chi connectivity index (χ4v) is 2.52. The zero-order chi connectivity index (χ0) is 16.1. The molecular formula is C15H27N5O2. The van der Waals surface area contributed by atoms with E-state index >= 15 is 0 Å². The Hall–Kier alpha value is -1.60. The Morgan fingerprint density at radius 3 is 2.59 bits per heavy atom. The lowest BCUT2D eigenvalue weighted by molar-refractivity contribution is 0.127. The van der Waals surface area contributed by atoms with Crippen molar-refractivity contribution in [2.45, 2.75) is 26.8 Å². The first-order valence-electron chi connectivity index (χ1n) is 7.95. The van der Waals surface area contributed by atoms with Crippen LogP contribution in [0.25, 0.3) is 0 Å². The fraction of sp³-hybridized carbons (Fsp3) is 0.733. The molecule has 22 heavy (non-hydrogen) atoms. The average molecular weight is 309 g/mol. The molecule has 2 N–H and O–H groups in total. The third-order valence-electron chi connectivity index (χ3n) is 4.33. The molecule has 1 aromatic rings. The number of aliphatic hydroxyl groups is 1. The summed E-state index contributed by atoms with van der Waals surface area (Å²) in [5, 5.41) is 16.2. The Kier molecular flexibility index (Phi) is 5.79. The molecule has 1 aliphatic rings. The number of aliphatic hydroxyl groups excluding tert-OH is 1. The number of rotatable bonds is 5. The molecular weight excluding hydrogens is 282 g/mol. The van der Waals surface area contributed by atoms with Crippen LogP contribution in [0.2, 0.25) is 0 Å². The lowest BCUT2D eigenvalue weighted by Crippen LogP contribution is -2.50. The Bertz CT molecular complexity index is 480. The molecule has 124 valence electrons. The molecule has 2 amide bonds. The molecule has 1 aromatic heterocycles. The van der Waals surface area contributed by atoms with Gasteiger partial charge in [-0.15, -0.1) is 0 Å². The van der Waals surface area contributed by atoms with E-state index in [1.807, 2.05) is 15.6 Å². The largest absolute Gasteiger partial charge is 0.395 e. The van der Waals surface area contributed by atoms with Crippen molar-refractivity contribution < 1.29 is 9.90 Å². The molecule has 0 spiro atoms. The number of amides is 2. The molecule has 1 fully saturated rings. The van der Waals surface area contributed by atoms with Gasteiger partial charge in [-0.1, -0.05) is 13.8 Å². The second-order valence-corrected chi connectivity index (χ2v) is 6.13. The van der Waals surface area contributed by atoms with Gasteiger partial charge in [0.25, 0.3) is 0 Å². The van der Waals surface area contributed by atoms with Crippen LogP contribution < -0.4 is 5.32 Å². The van der Waals surface area contributed by atoms with Gasteiger partial charge >= 0.3 is 6.03 Å². The zero-order valence-electron chi connectivity index (χ0n) is 13.7. The van der Waals surface area contributed by atoms with Crippen LogP contribution in [0.15, 0.2) is 12.3 Å². The van der Waals surface area contributed by atoms with Crippen LogP contribution in [-0.4, -0.2) is 70.0 Å². The SMILES string of the molecule is CC(C)C(C)n1nccc1NC(=O)N1CCN(CCO)CC1. The van der Waals surface area contributed by atoms with Gasteiger partial charge in [0.15, 0.2) is 0 Å². The van der Waals surface area contributed by atoms with Gasteiger partial charge in [0.2, 0.25) is 0 Å². The molecule has 7 nitrogen and oxygen atoms in total. The molecule has 7 heteroatoms. The van der Waals surface area contributed by atoms with Crippen molar-refractivity contribution in [2.24, 2.45) is 5.92 Å². The Morgan fingerprint density at radius 2 is 2.00 bits per heavy atom. The highest BCUT2D eigenvalue weighted by molar-refractivity contribution is 5.88. The molecule has 0 aromatic carbocycles. The highest BCUT2D eigenvalue weighted by Crippen LogP contribution is 2.21. The maximum atomic E-state index is 12.4. The first-order valence-corrected chi connectivity index (χ1v) is 7.95. The molecule has 1 saturated heterocycles. The molecule has 1 aliphatic heterocycles. The molecule has 2 rings (SSSR count). The van der Waals surface area contributed by atoms with Gasteiger partial charge in [-0.25, -0.2) is 9.48 Å². The van der Waals surface area contributed by atoms with E-state index in [0.29, 0.717) is 25.6 Å². The lowest BCUT2D eigenvalue weighted by Gasteiger charge is -2.34. The van der Waals surface area contributed by atoms with E-state index in [2.05, 4.69) is 36.1 Å². The number of hydrogen-bond donors (Lipinski definition) is 2. The molecule has 0 saturated carbocycles. The van der Waals surface area contributed by atoms with Gasteiger partial charge in [0.05, 0.1) is 18.8 Å². The van der Waals surface area contributed by atoms with Crippen LogP contribution in [0, 0.1) is 5.92 Å². The number of carbonyl (C=O) groups is 1. The number of urea groups is 1. The van der Waals surface area contributed by atoms with Gasteiger partial charge in [0, 0.05) is 38.8 Å². The maximum absolute atomic E-state index is 12.4. The summed E-state index contributed by atoms with van der Waals surface area (Å²) in [5.41, 5.74) is 0. The molecule has 0 aliphatic carbocycles. The highest BCUT2D eigenvalue weighted by atomic mass is 16.3. The van der Waals surface area contributed by atoms with Crippen LogP contribution >= 0.6 is 0 Å².